The topological polar surface area (TPSA) is 92.9 Å². The molecule has 0 bridgehead atoms. The lowest BCUT2D eigenvalue weighted by Crippen LogP contribution is -2.54. The highest BCUT2D eigenvalue weighted by Gasteiger charge is 2.29. The molecule has 1 aliphatic rings. The van der Waals surface area contributed by atoms with Crippen LogP contribution in [0.5, 0.6) is 0 Å². The van der Waals surface area contributed by atoms with Gasteiger partial charge in [0, 0.05) is 32.6 Å². The van der Waals surface area contributed by atoms with Gasteiger partial charge in [0.05, 0.1) is 23.9 Å². The first kappa shape index (κ1) is 18.3. The molecular weight excluding hydrogens is 314 g/mol. The second-order valence-electron chi connectivity index (χ2n) is 5.01. The van der Waals surface area contributed by atoms with E-state index in [1.54, 1.807) is 0 Å². The summed E-state index contributed by atoms with van der Waals surface area (Å²) in [6, 6.07) is -0.0239. The number of nitrogens with two attached hydrogens (primary N) is 1. The van der Waals surface area contributed by atoms with Crippen LogP contribution in [0.1, 0.15) is 19.8 Å². The summed E-state index contributed by atoms with van der Waals surface area (Å²) in [5.74, 6) is -0.423. The van der Waals surface area contributed by atoms with Crippen molar-refractivity contribution in [3.63, 3.8) is 0 Å². The Morgan fingerprint density at radius 1 is 1.33 bits per heavy atom. The first-order valence-electron chi connectivity index (χ1n) is 6.86. The van der Waals surface area contributed by atoms with Gasteiger partial charge in [-0.2, -0.15) is 4.31 Å². The van der Waals surface area contributed by atoms with Crippen LogP contribution in [-0.4, -0.2) is 73.7 Å². The standard InChI is InChI=1S/C12H23N3O4S2/c1-10(12(13)20)14-5-7-15(8-6-14)21(17,18)9-3-4-11(16)19-2/h10H,3-9H2,1-2H3,(H2,13,20). The van der Waals surface area contributed by atoms with Crippen molar-refractivity contribution in [2.45, 2.75) is 25.8 Å². The minimum absolute atomic E-state index is 0.0239. The van der Waals surface area contributed by atoms with E-state index >= 15 is 0 Å². The number of ether oxygens (including phenoxy) is 1. The van der Waals surface area contributed by atoms with Gasteiger partial charge in [0.1, 0.15) is 0 Å². The molecule has 1 rings (SSSR count). The van der Waals surface area contributed by atoms with Gasteiger partial charge in [0.2, 0.25) is 10.0 Å². The van der Waals surface area contributed by atoms with Gasteiger partial charge < -0.3 is 10.5 Å². The number of hydrogen-bond donors (Lipinski definition) is 1. The monoisotopic (exact) mass is 337 g/mol. The summed E-state index contributed by atoms with van der Waals surface area (Å²) in [6.07, 6.45) is 0.396. The van der Waals surface area contributed by atoms with Crippen LogP contribution >= 0.6 is 12.2 Å². The number of sulfonamides is 1. The van der Waals surface area contributed by atoms with Crippen LogP contribution in [0.4, 0.5) is 0 Å². The van der Waals surface area contributed by atoms with Crippen molar-refractivity contribution in [2.75, 3.05) is 39.0 Å². The van der Waals surface area contributed by atoms with E-state index in [9.17, 15) is 13.2 Å². The average Bonchev–Trinajstić information content (AvgIpc) is 2.46. The van der Waals surface area contributed by atoms with Gasteiger partial charge in [-0.1, -0.05) is 12.2 Å². The fourth-order valence-corrected chi connectivity index (χ4v) is 3.82. The number of carbonyl (C=O) groups excluding carboxylic acids is 1. The van der Waals surface area contributed by atoms with Gasteiger partial charge in [-0.25, -0.2) is 8.42 Å². The highest BCUT2D eigenvalue weighted by molar-refractivity contribution is 7.89. The van der Waals surface area contributed by atoms with Crippen molar-refractivity contribution in [1.82, 2.24) is 9.21 Å². The maximum Gasteiger partial charge on any atom is 0.305 e. The molecular formula is C12H23N3O4S2. The summed E-state index contributed by atoms with van der Waals surface area (Å²) in [5, 5.41) is 0. The molecule has 1 aliphatic heterocycles. The van der Waals surface area contributed by atoms with Crippen LogP contribution in [-0.2, 0) is 19.6 Å². The Balaban J connectivity index is 2.45. The maximum atomic E-state index is 12.2. The Morgan fingerprint density at radius 3 is 2.38 bits per heavy atom. The van der Waals surface area contributed by atoms with E-state index in [4.69, 9.17) is 18.0 Å². The Morgan fingerprint density at radius 2 is 1.90 bits per heavy atom. The minimum atomic E-state index is -3.32. The Bertz CT molecular complexity index is 473. The molecule has 21 heavy (non-hydrogen) atoms. The van der Waals surface area contributed by atoms with E-state index in [2.05, 4.69) is 9.64 Å². The molecule has 7 nitrogen and oxygen atoms in total. The first-order chi connectivity index (χ1) is 9.77. The quantitative estimate of drug-likeness (QED) is 0.497. The van der Waals surface area contributed by atoms with Crippen LogP contribution in [0.3, 0.4) is 0 Å². The third-order valence-electron chi connectivity index (χ3n) is 3.64. The fraction of sp³-hybridized carbons (Fsp3) is 0.833. The van der Waals surface area contributed by atoms with Gasteiger partial charge in [0.15, 0.2) is 0 Å². The SMILES string of the molecule is COC(=O)CCCS(=O)(=O)N1CCN(C(C)C(N)=S)CC1. The predicted octanol–water partition coefficient (Wildman–Crippen LogP) is -0.438. The molecule has 1 atom stereocenters. The number of rotatable bonds is 7. The van der Waals surface area contributed by atoms with Crippen molar-refractivity contribution in [2.24, 2.45) is 5.73 Å². The zero-order valence-electron chi connectivity index (χ0n) is 12.4. The molecule has 1 unspecified atom stereocenters. The molecule has 122 valence electrons. The van der Waals surface area contributed by atoms with Gasteiger partial charge in [-0.15, -0.1) is 0 Å². The molecule has 0 aromatic carbocycles. The van der Waals surface area contributed by atoms with Crippen molar-refractivity contribution in [3.05, 3.63) is 0 Å². The molecule has 1 heterocycles. The highest BCUT2D eigenvalue weighted by atomic mass is 32.2. The van der Waals surface area contributed by atoms with E-state index in [0.29, 0.717) is 31.2 Å². The molecule has 0 aromatic heterocycles. The predicted molar refractivity (Wildman–Crippen MR) is 84.4 cm³/mol. The van der Waals surface area contributed by atoms with Crippen LogP contribution in [0.15, 0.2) is 0 Å². The van der Waals surface area contributed by atoms with E-state index in [1.807, 2.05) is 6.92 Å². The number of hydrogen-bond acceptors (Lipinski definition) is 6. The minimum Gasteiger partial charge on any atom is -0.469 e. The second-order valence-corrected chi connectivity index (χ2v) is 7.57. The number of nitrogens with zero attached hydrogens (tertiary/aromatic N) is 2. The van der Waals surface area contributed by atoms with Crippen LogP contribution in [0.2, 0.25) is 0 Å². The van der Waals surface area contributed by atoms with Gasteiger partial charge in [-0.3, -0.25) is 9.69 Å². The van der Waals surface area contributed by atoms with Gasteiger partial charge in [0.25, 0.3) is 0 Å². The fourth-order valence-electron chi connectivity index (χ4n) is 2.18. The van der Waals surface area contributed by atoms with Gasteiger partial charge >= 0.3 is 5.97 Å². The largest absolute Gasteiger partial charge is 0.469 e. The summed E-state index contributed by atoms with van der Waals surface area (Å²) < 4.78 is 30.3. The molecule has 1 saturated heterocycles. The average molecular weight is 337 g/mol. The first-order valence-corrected chi connectivity index (χ1v) is 8.87. The molecule has 0 radical (unpaired) electrons. The smallest absolute Gasteiger partial charge is 0.305 e. The maximum absolute atomic E-state index is 12.2. The number of piperazine rings is 1. The van der Waals surface area contributed by atoms with E-state index in [0.717, 1.165) is 0 Å². The number of thiocarbonyl (C=S) groups is 1. The summed E-state index contributed by atoms with van der Waals surface area (Å²) in [6.45, 7) is 3.98. The second kappa shape index (κ2) is 8.02. The summed E-state index contributed by atoms with van der Waals surface area (Å²) >= 11 is 4.96. The number of carbonyl (C=O) groups is 1. The molecule has 0 saturated carbocycles. The van der Waals surface area contributed by atoms with Gasteiger partial charge in [-0.05, 0) is 13.3 Å². The third kappa shape index (κ3) is 5.50. The summed E-state index contributed by atoms with van der Waals surface area (Å²) in [4.78, 5) is 13.5. The number of methoxy groups -OCH3 is 1. The lowest BCUT2D eigenvalue weighted by molar-refractivity contribution is -0.140. The molecule has 2 N–H and O–H groups in total. The van der Waals surface area contributed by atoms with Crippen molar-refractivity contribution in [3.8, 4) is 0 Å². The highest BCUT2D eigenvalue weighted by Crippen LogP contribution is 2.12. The summed E-state index contributed by atoms with van der Waals surface area (Å²) in [5.41, 5.74) is 5.61. The zero-order chi connectivity index (χ0) is 16.0. The van der Waals surface area contributed by atoms with Crippen molar-refractivity contribution < 1.29 is 17.9 Å². The molecule has 9 heteroatoms. The lowest BCUT2D eigenvalue weighted by atomic mass is 10.2. The molecule has 0 aliphatic carbocycles. The third-order valence-corrected chi connectivity index (χ3v) is 5.93. The molecule has 1 fully saturated rings. The van der Waals surface area contributed by atoms with Crippen molar-refractivity contribution >= 4 is 33.2 Å². The number of esters is 1. The Hall–Kier alpha value is -0.770. The van der Waals surface area contributed by atoms with E-state index < -0.39 is 10.0 Å². The summed E-state index contributed by atoms with van der Waals surface area (Å²) in [7, 11) is -2.03. The molecule has 0 amide bonds. The lowest BCUT2D eigenvalue weighted by Gasteiger charge is -2.37. The van der Waals surface area contributed by atoms with Crippen LogP contribution in [0.25, 0.3) is 0 Å². The van der Waals surface area contributed by atoms with E-state index in [-0.39, 0.29) is 30.6 Å². The normalized spacial score (nSPS) is 19.1. The Labute approximate surface area is 131 Å². The Kier molecular flexibility index (Phi) is 6.98. The van der Waals surface area contributed by atoms with Crippen molar-refractivity contribution in [1.29, 1.82) is 0 Å². The molecule has 0 spiro atoms. The van der Waals surface area contributed by atoms with E-state index in [1.165, 1.54) is 11.4 Å². The van der Waals surface area contributed by atoms with Crippen LogP contribution < -0.4 is 5.73 Å². The zero-order valence-corrected chi connectivity index (χ0v) is 14.1. The van der Waals surface area contributed by atoms with Crippen LogP contribution in [0, 0.1) is 0 Å². The molecule has 0 aromatic rings.